The smallest absolute Gasteiger partial charge is 0.343 e. The van der Waals surface area contributed by atoms with Crippen LogP contribution in [-0.2, 0) is 0 Å². The lowest BCUT2D eigenvalue weighted by Crippen LogP contribution is -2.17. The molecule has 0 radical (unpaired) electrons. The summed E-state index contributed by atoms with van der Waals surface area (Å²) in [5, 5.41) is 22.7. The second-order valence-electron chi connectivity index (χ2n) is 5.87. The van der Waals surface area contributed by atoms with Gasteiger partial charge in [0.25, 0.3) is 5.91 Å². The molecule has 0 bridgehead atoms. The topological polar surface area (TPSA) is 108 Å². The van der Waals surface area contributed by atoms with Gasteiger partial charge in [0, 0.05) is 10.5 Å². The van der Waals surface area contributed by atoms with Crippen LogP contribution in [0.25, 0.3) is 0 Å². The number of hydrazone groups is 1. The number of phenolic OH excluding ortho intramolecular Hbond substituents is 2. The Morgan fingerprint density at radius 1 is 0.966 bits per heavy atom. The van der Waals surface area contributed by atoms with Gasteiger partial charge in [0.2, 0.25) is 0 Å². The number of carbonyl (C=O) groups is 2. The summed E-state index contributed by atoms with van der Waals surface area (Å²) in [6.07, 6.45) is 1.40. The van der Waals surface area contributed by atoms with Gasteiger partial charge in [-0.15, -0.1) is 0 Å². The zero-order chi connectivity index (χ0) is 20.8. The van der Waals surface area contributed by atoms with Gasteiger partial charge in [-0.25, -0.2) is 10.2 Å². The molecule has 0 unspecified atom stereocenters. The van der Waals surface area contributed by atoms with Gasteiger partial charge in [-0.1, -0.05) is 15.9 Å². The maximum absolute atomic E-state index is 12.1. The van der Waals surface area contributed by atoms with Gasteiger partial charge in [0.1, 0.15) is 17.2 Å². The lowest BCUT2D eigenvalue weighted by molar-refractivity contribution is 0.0734. The third kappa shape index (κ3) is 5.43. The number of aromatic hydroxyl groups is 2. The maximum atomic E-state index is 12.1. The number of hydrogen-bond donors (Lipinski definition) is 3. The SMILES string of the molecule is O=C(Oc1ccc(/C=N/NC(=O)c2ccc(O)cc2O)cc1)c1ccc(Br)cc1. The molecule has 146 valence electrons. The van der Waals surface area contributed by atoms with Crippen molar-refractivity contribution in [3.05, 3.63) is 87.9 Å². The lowest BCUT2D eigenvalue weighted by atomic mass is 10.2. The highest BCUT2D eigenvalue weighted by atomic mass is 79.9. The Balaban J connectivity index is 1.57. The third-order valence-electron chi connectivity index (χ3n) is 3.78. The Bertz CT molecular complexity index is 1060. The molecule has 1 amide bonds. The molecule has 0 fully saturated rings. The van der Waals surface area contributed by atoms with E-state index >= 15 is 0 Å². The molecule has 3 rings (SSSR count). The number of hydrogen-bond acceptors (Lipinski definition) is 6. The Hall–Kier alpha value is -3.65. The van der Waals surface area contributed by atoms with Gasteiger partial charge in [-0.2, -0.15) is 5.10 Å². The summed E-state index contributed by atoms with van der Waals surface area (Å²) in [4.78, 5) is 24.1. The summed E-state index contributed by atoms with van der Waals surface area (Å²) in [5.41, 5.74) is 3.35. The molecular formula is C21H15BrN2O5. The number of ether oxygens (including phenoxy) is 1. The monoisotopic (exact) mass is 454 g/mol. The van der Waals surface area contributed by atoms with Gasteiger partial charge < -0.3 is 14.9 Å². The molecule has 0 atom stereocenters. The molecule has 0 heterocycles. The normalized spacial score (nSPS) is 10.7. The van der Waals surface area contributed by atoms with Gasteiger partial charge in [-0.05, 0) is 66.2 Å². The van der Waals surface area contributed by atoms with Crippen LogP contribution < -0.4 is 10.2 Å². The highest BCUT2D eigenvalue weighted by molar-refractivity contribution is 9.10. The van der Waals surface area contributed by atoms with E-state index in [1.54, 1.807) is 48.5 Å². The molecule has 0 aliphatic heterocycles. The minimum Gasteiger partial charge on any atom is -0.508 e. The van der Waals surface area contributed by atoms with Gasteiger partial charge in [0.05, 0.1) is 17.3 Å². The van der Waals surface area contributed by atoms with Crippen LogP contribution in [0.5, 0.6) is 17.2 Å². The average Bonchev–Trinajstić information content (AvgIpc) is 2.69. The molecule has 0 saturated carbocycles. The summed E-state index contributed by atoms with van der Waals surface area (Å²) in [7, 11) is 0. The predicted octanol–water partition coefficient (Wildman–Crippen LogP) is 3.84. The highest BCUT2D eigenvalue weighted by Gasteiger charge is 2.11. The number of halogens is 1. The van der Waals surface area contributed by atoms with Gasteiger partial charge >= 0.3 is 5.97 Å². The number of nitrogens with one attached hydrogen (secondary N) is 1. The van der Waals surface area contributed by atoms with Crippen LogP contribution in [0.4, 0.5) is 0 Å². The van der Waals surface area contributed by atoms with Crippen LogP contribution in [0.15, 0.2) is 76.3 Å². The van der Waals surface area contributed by atoms with Crippen LogP contribution in [0.1, 0.15) is 26.3 Å². The van der Waals surface area contributed by atoms with Crippen molar-refractivity contribution in [2.75, 3.05) is 0 Å². The Morgan fingerprint density at radius 3 is 2.31 bits per heavy atom. The molecule has 0 aliphatic carbocycles. The molecule has 0 spiro atoms. The molecule has 0 saturated heterocycles. The minimum atomic E-state index is -0.626. The van der Waals surface area contributed by atoms with Crippen LogP contribution in [-0.4, -0.2) is 28.3 Å². The molecule has 0 aliphatic rings. The number of phenols is 2. The average molecular weight is 455 g/mol. The second-order valence-corrected chi connectivity index (χ2v) is 6.78. The summed E-state index contributed by atoms with van der Waals surface area (Å²) < 4.78 is 6.17. The highest BCUT2D eigenvalue weighted by Crippen LogP contribution is 2.22. The van der Waals surface area contributed by atoms with Crippen molar-refractivity contribution in [1.29, 1.82) is 0 Å². The van der Waals surface area contributed by atoms with Crippen LogP contribution in [0.2, 0.25) is 0 Å². The standard InChI is InChI=1S/C21H15BrN2O5/c22-15-5-3-14(4-6-15)21(28)29-17-8-1-13(2-9-17)12-23-24-20(27)18-10-7-16(25)11-19(18)26/h1-12,25-26H,(H,24,27)/b23-12+. The van der Waals surface area contributed by atoms with E-state index in [1.165, 1.54) is 18.3 Å². The van der Waals surface area contributed by atoms with E-state index in [1.807, 2.05) is 0 Å². The van der Waals surface area contributed by atoms with E-state index in [-0.39, 0.29) is 17.1 Å². The van der Waals surface area contributed by atoms with Crippen molar-refractivity contribution in [3.8, 4) is 17.2 Å². The summed E-state index contributed by atoms with van der Waals surface area (Å²) in [6, 6.07) is 17.0. The Labute approximate surface area is 174 Å². The van der Waals surface area contributed by atoms with E-state index in [4.69, 9.17) is 4.74 Å². The van der Waals surface area contributed by atoms with Gasteiger partial charge in [-0.3, -0.25) is 4.79 Å². The van der Waals surface area contributed by atoms with Crippen molar-refractivity contribution in [1.82, 2.24) is 5.43 Å². The van der Waals surface area contributed by atoms with Crippen molar-refractivity contribution in [3.63, 3.8) is 0 Å². The first-order chi connectivity index (χ1) is 13.9. The van der Waals surface area contributed by atoms with E-state index in [0.717, 1.165) is 10.5 Å². The van der Waals surface area contributed by atoms with Gasteiger partial charge in [0.15, 0.2) is 0 Å². The fraction of sp³-hybridized carbons (Fsp3) is 0. The summed E-state index contributed by atoms with van der Waals surface area (Å²) in [6.45, 7) is 0. The van der Waals surface area contributed by atoms with Crippen molar-refractivity contribution >= 4 is 34.0 Å². The zero-order valence-corrected chi connectivity index (χ0v) is 16.5. The number of benzene rings is 3. The zero-order valence-electron chi connectivity index (χ0n) is 14.9. The predicted molar refractivity (Wildman–Crippen MR) is 110 cm³/mol. The molecule has 3 N–H and O–H groups in total. The molecule has 3 aromatic rings. The van der Waals surface area contributed by atoms with E-state index < -0.39 is 11.9 Å². The minimum absolute atomic E-state index is 0.0184. The Kier molecular flexibility index (Phi) is 6.25. The fourth-order valence-electron chi connectivity index (χ4n) is 2.31. The first-order valence-electron chi connectivity index (χ1n) is 8.35. The second kappa shape index (κ2) is 9.03. The maximum Gasteiger partial charge on any atom is 0.343 e. The number of carbonyl (C=O) groups excluding carboxylic acids is 2. The van der Waals surface area contributed by atoms with Crippen molar-refractivity contribution in [2.24, 2.45) is 5.10 Å². The fourth-order valence-corrected chi connectivity index (χ4v) is 2.58. The van der Waals surface area contributed by atoms with Crippen LogP contribution in [0, 0.1) is 0 Å². The molecule has 0 aromatic heterocycles. The number of nitrogens with zero attached hydrogens (tertiary/aromatic N) is 1. The first-order valence-corrected chi connectivity index (χ1v) is 9.15. The van der Waals surface area contributed by atoms with Crippen molar-refractivity contribution < 1.29 is 24.5 Å². The van der Waals surface area contributed by atoms with Crippen molar-refractivity contribution in [2.45, 2.75) is 0 Å². The Morgan fingerprint density at radius 2 is 1.66 bits per heavy atom. The van der Waals surface area contributed by atoms with E-state index in [9.17, 15) is 19.8 Å². The molecule has 29 heavy (non-hydrogen) atoms. The number of rotatable bonds is 5. The molecule has 8 heteroatoms. The third-order valence-corrected chi connectivity index (χ3v) is 4.30. The molecule has 3 aromatic carbocycles. The molecule has 7 nitrogen and oxygen atoms in total. The first kappa shape index (κ1) is 20.1. The summed E-state index contributed by atoms with van der Waals surface area (Å²) in [5.74, 6) is -1.23. The largest absolute Gasteiger partial charge is 0.508 e. The lowest BCUT2D eigenvalue weighted by Gasteiger charge is -2.05. The van der Waals surface area contributed by atoms with Crippen LogP contribution >= 0.6 is 15.9 Å². The van der Waals surface area contributed by atoms with Crippen LogP contribution in [0.3, 0.4) is 0 Å². The summed E-state index contributed by atoms with van der Waals surface area (Å²) >= 11 is 3.31. The quantitative estimate of drug-likeness (QED) is 0.235. The number of amides is 1. The molecular weight excluding hydrogens is 440 g/mol. The number of esters is 1. The van der Waals surface area contributed by atoms with E-state index in [2.05, 4.69) is 26.5 Å². The van der Waals surface area contributed by atoms with E-state index in [0.29, 0.717) is 16.9 Å².